The average molecular weight is 184 g/mol. The zero-order valence-corrected chi connectivity index (χ0v) is 9.64. The molecule has 1 saturated heterocycles. The Morgan fingerprint density at radius 1 is 1.08 bits per heavy atom. The predicted molar refractivity (Wildman–Crippen MR) is 58.0 cm³/mol. The van der Waals surface area contributed by atoms with E-state index in [2.05, 4.69) is 37.6 Å². The number of nitrogens with zero attached hydrogens (tertiary/aromatic N) is 2. The smallest absolute Gasteiger partial charge is 0.0110 e. The zero-order chi connectivity index (χ0) is 9.90. The second-order valence-corrected chi connectivity index (χ2v) is 5.10. The molecule has 0 aromatic rings. The summed E-state index contributed by atoms with van der Waals surface area (Å²) >= 11 is 0. The molecule has 1 aliphatic rings. The van der Waals surface area contributed by atoms with Crippen molar-refractivity contribution in [1.29, 1.82) is 0 Å². The Bertz CT molecular complexity index is 146. The van der Waals surface area contributed by atoms with Gasteiger partial charge in [0, 0.05) is 32.7 Å². The molecule has 1 fully saturated rings. The van der Waals surface area contributed by atoms with Crippen molar-refractivity contribution >= 4 is 0 Å². The molecule has 0 atom stereocenters. The lowest BCUT2D eigenvalue weighted by atomic mass is 9.89. The van der Waals surface area contributed by atoms with Gasteiger partial charge in [-0.2, -0.15) is 0 Å². The minimum absolute atomic E-state index is 0.496. The fourth-order valence-corrected chi connectivity index (χ4v) is 1.72. The van der Waals surface area contributed by atoms with Crippen molar-refractivity contribution in [3.8, 4) is 0 Å². The lowest BCUT2D eigenvalue weighted by molar-refractivity contribution is 0.109. The molecule has 0 bridgehead atoms. The van der Waals surface area contributed by atoms with Crippen LogP contribution in [0.3, 0.4) is 0 Å². The van der Waals surface area contributed by atoms with Crippen LogP contribution < -0.4 is 0 Å². The number of hydrogen-bond donors (Lipinski definition) is 0. The molecular weight excluding hydrogens is 160 g/mol. The van der Waals surface area contributed by atoms with Crippen LogP contribution >= 0.6 is 0 Å². The molecule has 0 amide bonds. The standard InChI is InChI=1S/C11H24N2/c1-5-11(2,3)10-13-8-6-12(4)7-9-13/h5-10H2,1-4H3. The first-order valence-electron chi connectivity index (χ1n) is 5.44. The van der Waals surface area contributed by atoms with Gasteiger partial charge < -0.3 is 9.80 Å². The second-order valence-electron chi connectivity index (χ2n) is 5.10. The third kappa shape index (κ3) is 3.65. The van der Waals surface area contributed by atoms with Crippen molar-refractivity contribution in [1.82, 2.24) is 9.80 Å². The van der Waals surface area contributed by atoms with E-state index >= 15 is 0 Å². The third-order valence-electron chi connectivity index (χ3n) is 3.20. The molecule has 1 rings (SSSR count). The normalized spacial score (nSPS) is 22.2. The Morgan fingerprint density at radius 3 is 2.08 bits per heavy atom. The van der Waals surface area contributed by atoms with Crippen molar-refractivity contribution in [3.63, 3.8) is 0 Å². The Labute approximate surface area is 82.9 Å². The molecule has 13 heavy (non-hydrogen) atoms. The molecule has 0 aliphatic carbocycles. The summed E-state index contributed by atoms with van der Waals surface area (Å²) in [4.78, 5) is 5.01. The summed E-state index contributed by atoms with van der Waals surface area (Å²) in [6, 6.07) is 0. The van der Waals surface area contributed by atoms with Crippen LogP contribution in [-0.4, -0.2) is 49.6 Å². The van der Waals surface area contributed by atoms with Crippen LogP contribution in [0.15, 0.2) is 0 Å². The van der Waals surface area contributed by atoms with Crippen LogP contribution in [0.5, 0.6) is 0 Å². The molecule has 1 heterocycles. The third-order valence-corrected chi connectivity index (χ3v) is 3.20. The fourth-order valence-electron chi connectivity index (χ4n) is 1.72. The van der Waals surface area contributed by atoms with Crippen LogP contribution in [0.4, 0.5) is 0 Å². The van der Waals surface area contributed by atoms with Gasteiger partial charge in [-0.1, -0.05) is 20.8 Å². The number of piperazine rings is 1. The van der Waals surface area contributed by atoms with E-state index in [0.29, 0.717) is 5.41 Å². The summed E-state index contributed by atoms with van der Waals surface area (Å²) < 4.78 is 0. The first-order chi connectivity index (χ1) is 6.03. The highest BCUT2D eigenvalue weighted by molar-refractivity contribution is 4.76. The minimum Gasteiger partial charge on any atom is -0.304 e. The highest BCUT2D eigenvalue weighted by Crippen LogP contribution is 2.21. The van der Waals surface area contributed by atoms with Gasteiger partial charge in [-0.25, -0.2) is 0 Å². The topological polar surface area (TPSA) is 6.48 Å². The van der Waals surface area contributed by atoms with Crippen molar-refractivity contribution in [3.05, 3.63) is 0 Å². The van der Waals surface area contributed by atoms with Crippen LogP contribution in [-0.2, 0) is 0 Å². The predicted octanol–water partition coefficient (Wildman–Crippen LogP) is 1.67. The van der Waals surface area contributed by atoms with E-state index in [0.717, 1.165) is 0 Å². The largest absolute Gasteiger partial charge is 0.304 e. The second kappa shape index (κ2) is 4.43. The number of hydrogen-bond acceptors (Lipinski definition) is 2. The minimum atomic E-state index is 0.496. The fraction of sp³-hybridized carbons (Fsp3) is 1.00. The highest BCUT2D eigenvalue weighted by atomic mass is 15.2. The van der Waals surface area contributed by atoms with Gasteiger partial charge in [-0.3, -0.25) is 0 Å². The van der Waals surface area contributed by atoms with E-state index in [-0.39, 0.29) is 0 Å². The van der Waals surface area contributed by atoms with Gasteiger partial charge >= 0.3 is 0 Å². The summed E-state index contributed by atoms with van der Waals surface area (Å²) in [6.45, 7) is 13.3. The molecular formula is C11H24N2. The Balaban J connectivity index is 2.30. The Morgan fingerprint density at radius 2 is 1.62 bits per heavy atom. The van der Waals surface area contributed by atoms with Crippen molar-refractivity contribution < 1.29 is 0 Å². The van der Waals surface area contributed by atoms with Gasteiger partial charge in [0.25, 0.3) is 0 Å². The van der Waals surface area contributed by atoms with Gasteiger partial charge in [0.1, 0.15) is 0 Å². The van der Waals surface area contributed by atoms with E-state index in [9.17, 15) is 0 Å². The van der Waals surface area contributed by atoms with Crippen molar-refractivity contribution in [2.24, 2.45) is 5.41 Å². The SMILES string of the molecule is CCC(C)(C)CN1CCN(C)CC1. The molecule has 0 aromatic carbocycles. The monoisotopic (exact) mass is 184 g/mol. The lowest BCUT2D eigenvalue weighted by Crippen LogP contribution is -2.47. The summed E-state index contributed by atoms with van der Waals surface area (Å²) in [7, 11) is 2.21. The van der Waals surface area contributed by atoms with Gasteiger partial charge in [-0.15, -0.1) is 0 Å². The molecule has 0 N–H and O–H groups in total. The summed E-state index contributed by atoms with van der Waals surface area (Å²) in [6.07, 6.45) is 1.28. The lowest BCUT2D eigenvalue weighted by Gasteiger charge is -2.37. The molecule has 0 unspecified atom stereocenters. The van der Waals surface area contributed by atoms with E-state index in [1.165, 1.54) is 39.1 Å². The molecule has 1 aliphatic heterocycles. The molecule has 2 nitrogen and oxygen atoms in total. The number of likely N-dealkylation sites (N-methyl/N-ethyl adjacent to an activating group) is 1. The molecule has 0 radical (unpaired) electrons. The van der Waals surface area contributed by atoms with E-state index < -0.39 is 0 Å². The first-order valence-corrected chi connectivity index (χ1v) is 5.44. The molecule has 0 aromatic heterocycles. The average Bonchev–Trinajstić information content (AvgIpc) is 2.09. The van der Waals surface area contributed by atoms with Crippen LogP contribution in [0, 0.1) is 5.41 Å². The molecule has 2 heteroatoms. The molecule has 78 valence electrons. The zero-order valence-electron chi connectivity index (χ0n) is 9.64. The van der Waals surface area contributed by atoms with Crippen LogP contribution in [0.2, 0.25) is 0 Å². The molecule has 0 spiro atoms. The highest BCUT2D eigenvalue weighted by Gasteiger charge is 2.21. The maximum absolute atomic E-state index is 2.60. The van der Waals surface area contributed by atoms with Crippen LogP contribution in [0.25, 0.3) is 0 Å². The summed E-state index contributed by atoms with van der Waals surface area (Å²) in [5, 5.41) is 0. The maximum atomic E-state index is 2.60. The summed E-state index contributed by atoms with van der Waals surface area (Å²) in [5.74, 6) is 0. The maximum Gasteiger partial charge on any atom is 0.0110 e. The first kappa shape index (κ1) is 11.0. The summed E-state index contributed by atoms with van der Waals surface area (Å²) in [5.41, 5.74) is 0.496. The van der Waals surface area contributed by atoms with E-state index in [1.54, 1.807) is 0 Å². The Kier molecular flexibility index (Phi) is 3.74. The van der Waals surface area contributed by atoms with Crippen LogP contribution in [0.1, 0.15) is 27.2 Å². The molecule has 0 saturated carbocycles. The van der Waals surface area contributed by atoms with Gasteiger partial charge in [0.05, 0.1) is 0 Å². The van der Waals surface area contributed by atoms with Gasteiger partial charge in [-0.05, 0) is 18.9 Å². The van der Waals surface area contributed by atoms with Crippen molar-refractivity contribution in [2.75, 3.05) is 39.8 Å². The van der Waals surface area contributed by atoms with Crippen molar-refractivity contribution in [2.45, 2.75) is 27.2 Å². The van der Waals surface area contributed by atoms with E-state index in [1.807, 2.05) is 0 Å². The van der Waals surface area contributed by atoms with Gasteiger partial charge in [0.2, 0.25) is 0 Å². The van der Waals surface area contributed by atoms with E-state index in [4.69, 9.17) is 0 Å². The quantitative estimate of drug-likeness (QED) is 0.658. The Hall–Kier alpha value is -0.0800. The number of rotatable bonds is 3. The van der Waals surface area contributed by atoms with Gasteiger partial charge in [0.15, 0.2) is 0 Å².